The highest BCUT2D eigenvalue weighted by Crippen LogP contribution is 2.23. The van der Waals surface area contributed by atoms with Crippen molar-refractivity contribution in [2.24, 2.45) is 0 Å². The van der Waals surface area contributed by atoms with Crippen LogP contribution in [-0.4, -0.2) is 16.5 Å². The molecule has 2 N–H and O–H groups in total. The lowest BCUT2D eigenvalue weighted by Crippen LogP contribution is -2.12. The van der Waals surface area contributed by atoms with Crippen LogP contribution in [0.4, 0.5) is 0 Å². The zero-order valence-corrected chi connectivity index (χ0v) is 12.1. The highest BCUT2D eigenvalue weighted by Gasteiger charge is 2.03. The number of hydrogen-bond acceptors (Lipinski definition) is 2. The smallest absolute Gasteiger partial charge is 0.120 e. The van der Waals surface area contributed by atoms with Crippen LogP contribution >= 0.6 is 0 Å². The van der Waals surface area contributed by atoms with Gasteiger partial charge in [-0.15, -0.1) is 0 Å². The van der Waals surface area contributed by atoms with Crippen LogP contribution in [0.15, 0.2) is 60.8 Å². The summed E-state index contributed by atoms with van der Waals surface area (Å²) in [4.78, 5) is 7.74. The summed E-state index contributed by atoms with van der Waals surface area (Å²) in [5.74, 6) is 0.971. The molecule has 0 spiro atoms. The Labute approximate surface area is 125 Å². The van der Waals surface area contributed by atoms with Gasteiger partial charge < -0.3 is 10.3 Å². The Hall–Kier alpha value is -2.39. The maximum Gasteiger partial charge on any atom is 0.120 e. The van der Waals surface area contributed by atoms with Gasteiger partial charge in [0.15, 0.2) is 0 Å². The van der Waals surface area contributed by atoms with E-state index < -0.39 is 0 Å². The monoisotopic (exact) mass is 277 g/mol. The average Bonchev–Trinajstić information content (AvgIpc) is 3.03. The van der Waals surface area contributed by atoms with Crippen LogP contribution in [-0.2, 0) is 6.54 Å². The zero-order chi connectivity index (χ0) is 14.5. The Kier molecular flexibility index (Phi) is 4.12. The Morgan fingerprint density at radius 1 is 0.905 bits per heavy atom. The maximum absolute atomic E-state index is 4.39. The normalized spacial score (nSPS) is 10.7. The van der Waals surface area contributed by atoms with Crippen LogP contribution in [0.5, 0.6) is 0 Å². The van der Waals surface area contributed by atoms with Gasteiger partial charge >= 0.3 is 0 Å². The number of H-pyrrole nitrogens is 1. The van der Waals surface area contributed by atoms with Gasteiger partial charge in [0.1, 0.15) is 5.82 Å². The first-order valence-electron chi connectivity index (χ1n) is 7.27. The Morgan fingerprint density at radius 3 is 2.29 bits per heavy atom. The summed E-state index contributed by atoms with van der Waals surface area (Å²) in [6, 6.07) is 19.0. The molecule has 1 heterocycles. The third-order valence-electron chi connectivity index (χ3n) is 3.47. The van der Waals surface area contributed by atoms with Crippen molar-refractivity contribution in [1.82, 2.24) is 15.3 Å². The van der Waals surface area contributed by atoms with Crippen LogP contribution < -0.4 is 5.32 Å². The number of aromatic nitrogens is 2. The van der Waals surface area contributed by atoms with Crippen LogP contribution in [0.3, 0.4) is 0 Å². The van der Waals surface area contributed by atoms with E-state index in [-0.39, 0.29) is 0 Å². The first kappa shape index (κ1) is 13.6. The van der Waals surface area contributed by atoms with Gasteiger partial charge in [0.25, 0.3) is 0 Å². The molecule has 0 radical (unpaired) electrons. The molecule has 0 bridgehead atoms. The summed E-state index contributed by atoms with van der Waals surface area (Å²) in [5, 5.41) is 3.27. The molecule has 2 aromatic carbocycles. The molecule has 0 saturated carbocycles. The minimum atomic E-state index is 0.776. The van der Waals surface area contributed by atoms with Crippen LogP contribution in [0.2, 0.25) is 0 Å². The molecule has 21 heavy (non-hydrogen) atoms. The molecule has 0 fully saturated rings. The van der Waals surface area contributed by atoms with E-state index in [2.05, 4.69) is 70.7 Å². The molecule has 0 saturated heterocycles. The zero-order valence-electron chi connectivity index (χ0n) is 12.1. The average molecular weight is 277 g/mol. The molecule has 0 atom stereocenters. The van der Waals surface area contributed by atoms with E-state index in [4.69, 9.17) is 0 Å². The molecular formula is C18H19N3. The molecule has 3 aromatic rings. The minimum Gasteiger partial charge on any atom is -0.341 e. The summed E-state index contributed by atoms with van der Waals surface area (Å²) in [6.07, 6.45) is 1.89. The van der Waals surface area contributed by atoms with Crippen LogP contribution in [0.25, 0.3) is 22.4 Å². The highest BCUT2D eigenvalue weighted by molar-refractivity contribution is 5.68. The predicted octanol–water partition coefficient (Wildman–Crippen LogP) is 3.85. The second-order valence-corrected chi connectivity index (χ2v) is 4.97. The molecule has 0 amide bonds. The highest BCUT2D eigenvalue weighted by atomic mass is 15.0. The maximum atomic E-state index is 4.39. The van der Waals surface area contributed by atoms with Gasteiger partial charge in [-0.2, -0.15) is 0 Å². The van der Waals surface area contributed by atoms with Gasteiger partial charge in [-0.3, -0.25) is 0 Å². The lowest BCUT2D eigenvalue weighted by Gasteiger charge is -2.03. The summed E-state index contributed by atoms with van der Waals surface area (Å²) in [5.41, 5.74) is 4.68. The number of imidazole rings is 1. The molecule has 0 aliphatic carbocycles. The molecule has 0 aliphatic heterocycles. The third-order valence-corrected chi connectivity index (χ3v) is 3.47. The van der Waals surface area contributed by atoms with E-state index in [9.17, 15) is 0 Å². The summed E-state index contributed by atoms with van der Waals surface area (Å²) in [6.45, 7) is 3.81. The van der Waals surface area contributed by atoms with Crippen molar-refractivity contribution in [3.8, 4) is 22.4 Å². The van der Waals surface area contributed by atoms with E-state index in [1.807, 2.05) is 12.3 Å². The predicted molar refractivity (Wildman–Crippen MR) is 86.8 cm³/mol. The van der Waals surface area contributed by atoms with Gasteiger partial charge in [-0.1, -0.05) is 61.5 Å². The Balaban J connectivity index is 1.79. The van der Waals surface area contributed by atoms with Gasteiger partial charge in [0.2, 0.25) is 0 Å². The standard InChI is InChI=1S/C18H19N3/c1-2-19-13-18-20-12-17(21-18)16-10-8-15(9-11-16)14-6-4-3-5-7-14/h3-12,19H,2,13H2,1H3,(H,20,21). The Bertz CT molecular complexity index is 684. The van der Waals surface area contributed by atoms with Crippen LogP contribution in [0.1, 0.15) is 12.7 Å². The van der Waals surface area contributed by atoms with Crippen molar-refractivity contribution in [2.75, 3.05) is 6.54 Å². The fourth-order valence-electron chi connectivity index (χ4n) is 2.32. The topological polar surface area (TPSA) is 40.7 Å². The second-order valence-electron chi connectivity index (χ2n) is 4.97. The fourth-order valence-corrected chi connectivity index (χ4v) is 2.32. The molecule has 1 aromatic heterocycles. The molecular weight excluding hydrogens is 258 g/mol. The lowest BCUT2D eigenvalue weighted by molar-refractivity contribution is 0.698. The first-order chi connectivity index (χ1) is 10.4. The van der Waals surface area contributed by atoms with E-state index in [1.165, 1.54) is 11.1 Å². The molecule has 0 aliphatic rings. The number of rotatable bonds is 5. The summed E-state index contributed by atoms with van der Waals surface area (Å²) in [7, 11) is 0. The van der Waals surface area contributed by atoms with Gasteiger partial charge in [0, 0.05) is 0 Å². The largest absolute Gasteiger partial charge is 0.341 e. The SMILES string of the molecule is CCNCc1ncc(-c2ccc(-c3ccccc3)cc2)[nH]1. The van der Waals surface area contributed by atoms with Crippen molar-refractivity contribution in [1.29, 1.82) is 0 Å². The van der Waals surface area contributed by atoms with E-state index in [0.29, 0.717) is 0 Å². The van der Waals surface area contributed by atoms with Crippen molar-refractivity contribution < 1.29 is 0 Å². The number of aromatic amines is 1. The van der Waals surface area contributed by atoms with Crippen molar-refractivity contribution in [2.45, 2.75) is 13.5 Å². The lowest BCUT2D eigenvalue weighted by atomic mass is 10.0. The van der Waals surface area contributed by atoms with E-state index >= 15 is 0 Å². The number of benzene rings is 2. The molecule has 106 valence electrons. The van der Waals surface area contributed by atoms with Gasteiger partial charge in [-0.05, 0) is 23.2 Å². The van der Waals surface area contributed by atoms with Crippen LogP contribution in [0, 0.1) is 0 Å². The third kappa shape index (κ3) is 3.20. The van der Waals surface area contributed by atoms with Crippen molar-refractivity contribution >= 4 is 0 Å². The minimum absolute atomic E-state index is 0.776. The number of hydrogen-bond donors (Lipinski definition) is 2. The molecule has 0 unspecified atom stereocenters. The fraction of sp³-hybridized carbons (Fsp3) is 0.167. The molecule has 3 nitrogen and oxygen atoms in total. The Morgan fingerprint density at radius 2 is 1.57 bits per heavy atom. The molecule has 3 heteroatoms. The van der Waals surface area contributed by atoms with Crippen molar-refractivity contribution in [3.05, 3.63) is 66.6 Å². The summed E-state index contributed by atoms with van der Waals surface area (Å²) >= 11 is 0. The van der Waals surface area contributed by atoms with E-state index in [0.717, 1.165) is 30.2 Å². The number of nitrogens with zero attached hydrogens (tertiary/aromatic N) is 1. The van der Waals surface area contributed by atoms with Gasteiger partial charge in [-0.25, -0.2) is 4.98 Å². The van der Waals surface area contributed by atoms with E-state index in [1.54, 1.807) is 0 Å². The quantitative estimate of drug-likeness (QED) is 0.743. The van der Waals surface area contributed by atoms with Gasteiger partial charge in [0.05, 0.1) is 18.4 Å². The first-order valence-corrected chi connectivity index (χ1v) is 7.27. The molecule has 3 rings (SSSR count). The summed E-state index contributed by atoms with van der Waals surface area (Å²) < 4.78 is 0. The second kappa shape index (κ2) is 6.37. The van der Waals surface area contributed by atoms with Crippen molar-refractivity contribution in [3.63, 3.8) is 0 Å². The number of nitrogens with one attached hydrogen (secondary N) is 2.